The summed E-state index contributed by atoms with van der Waals surface area (Å²) in [6, 6.07) is 0.199. The molecule has 1 aliphatic heterocycles. The van der Waals surface area contributed by atoms with E-state index >= 15 is 0 Å². The van der Waals surface area contributed by atoms with Crippen LogP contribution in [0.4, 0.5) is 0 Å². The van der Waals surface area contributed by atoms with Crippen LogP contribution in [0.25, 0.3) is 0 Å². The summed E-state index contributed by atoms with van der Waals surface area (Å²) in [5.41, 5.74) is -0.306. The molecule has 0 aromatic heterocycles. The molecule has 1 heterocycles. The van der Waals surface area contributed by atoms with Gasteiger partial charge in [-0.3, -0.25) is 9.69 Å². The third kappa shape index (κ3) is 4.49. The van der Waals surface area contributed by atoms with Gasteiger partial charge in [-0.2, -0.15) is 0 Å². The van der Waals surface area contributed by atoms with Gasteiger partial charge in [-0.25, -0.2) is 0 Å². The normalized spacial score (nSPS) is 20.5. The van der Waals surface area contributed by atoms with Crippen LogP contribution in [-0.2, 0) is 9.53 Å². The predicted molar refractivity (Wildman–Crippen MR) is 64.3 cm³/mol. The highest BCUT2D eigenvalue weighted by molar-refractivity contribution is 5.81. The number of morpholine rings is 1. The standard InChI is InChI=1S/C12H24N2O2/c1-10(13-11(15)12(2,3)4)9-14-5-7-16-8-6-14/h10H,5-9H2,1-4H3,(H,13,15). The largest absolute Gasteiger partial charge is 0.379 e. The van der Waals surface area contributed by atoms with E-state index in [-0.39, 0.29) is 17.4 Å². The molecule has 4 nitrogen and oxygen atoms in total. The van der Waals surface area contributed by atoms with Crippen LogP contribution in [0.5, 0.6) is 0 Å². The first-order chi connectivity index (χ1) is 7.39. The Morgan fingerprint density at radius 3 is 2.44 bits per heavy atom. The maximum Gasteiger partial charge on any atom is 0.225 e. The average molecular weight is 228 g/mol. The molecule has 1 N–H and O–H groups in total. The number of hydrogen-bond acceptors (Lipinski definition) is 3. The van der Waals surface area contributed by atoms with Gasteiger partial charge in [-0.05, 0) is 6.92 Å². The molecule has 1 amide bonds. The molecule has 1 rings (SSSR count). The highest BCUT2D eigenvalue weighted by atomic mass is 16.5. The number of nitrogens with one attached hydrogen (secondary N) is 1. The number of carbonyl (C=O) groups is 1. The third-order valence-corrected chi connectivity index (χ3v) is 2.69. The average Bonchev–Trinajstić information content (AvgIpc) is 2.17. The first kappa shape index (κ1) is 13.5. The summed E-state index contributed by atoms with van der Waals surface area (Å²) in [4.78, 5) is 14.1. The molecule has 16 heavy (non-hydrogen) atoms. The molecule has 0 spiro atoms. The molecule has 94 valence electrons. The Morgan fingerprint density at radius 2 is 1.94 bits per heavy atom. The zero-order valence-electron chi connectivity index (χ0n) is 10.9. The molecule has 0 aromatic rings. The maximum atomic E-state index is 11.8. The van der Waals surface area contributed by atoms with E-state index in [4.69, 9.17) is 4.74 Å². The maximum absolute atomic E-state index is 11.8. The van der Waals surface area contributed by atoms with Crippen molar-refractivity contribution in [3.63, 3.8) is 0 Å². The van der Waals surface area contributed by atoms with Gasteiger partial charge in [0.2, 0.25) is 5.91 Å². The van der Waals surface area contributed by atoms with Crippen LogP contribution in [-0.4, -0.2) is 49.7 Å². The number of rotatable bonds is 3. The fourth-order valence-corrected chi connectivity index (χ4v) is 1.66. The van der Waals surface area contributed by atoms with Crippen molar-refractivity contribution in [2.24, 2.45) is 5.41 Å². The lowest BCUT2D eigenvalue weighted by molar-refractivity contribution is -0.129. The minimum atomic E-state index is -0.306. The summed E-state index contributed by atoms with van der Waals surface area (Å²) in [5.74, 6) is 0.119. The minimum absolute atomic E-state index is 0.119. The number of nitrogens with zero attached hydrogens (tertiary/aromatic N) is 1. The smallest absolute Gasteiger partial charge is 0.225 e. The van der Waals surface area contributed by atoms with Crippen LogP contribution in [0.15, 0.2) is 0 Å². The molecular formula is C12H24N2O2. The van der Waals surface area contributed by atoms with E-state index in [9.17, 15) is 4.79 Å². The zero-order chi connectivity index (χ0) is 12.2. The molecular weight excluding hydrogens is 204 g/mol. The van der Waals surface area contributed by atoms with Crippen LogP contribution in [0.2, 0.25) is 0 Å². The molecule has 0 saturated carbocycles. The molecule has 1 fully saturated rings. The Balaban J connectivity index is 2.29. The van der Waals surface area contributed by atoms with Crippen molar-refractivity contribution in [1.82, 2.24) is 10.2 Å². The summed E-state index contributed by atoms with van der Waals surface area (Å²) in [6.45, 7) is 12.3. The van der Waals surface area contributed by atoms with Crippen LogP contribution in [0.3, 0.4) is 0 Å². The van der Waals surface area contributed by atoms with E-state index in [0.29, 0.717) is 0 Å². The lowest BCUT2D eigenvalue weighted by Crippen LogP contribution is -2.48. The quantitative estimate of drug-likeness (QED) is 0.779. The Morgan fingerprint density at radius 1 is 1.38 bits per heavy atom. The van der Waals surface area contributed by atoms with Crippen molar-refractivity contribution in [2.45, 2.75) is 33.7 Å². The lowest BCUT2D eigenvalue weighted by Gasteiger charge is -2.30. The SMILES string of the molecule is CC(CN1CCOCC1)NC(=O)C(C)(C)C. The van der Waals surface area contributed by atoms with E-state index in [0.717, 1.165) is 32.8 Å². The van der Waals surface area contributed by atoms with Crippen molar-refractivity contribution in [1.29, 1.82) is 0 Å². The second kappa shape index (κ2) is 5.64. The Bertz CT molecular complexity index is 230. The highest BCUT2D eigenvalue weighted by Crippen LogP contribution is 2.13. The zero-order valence-corrected chi connectivity index (χ0v) is 10.9. The molecule has 0 aromatic carbocycles. The van der Waals surface area contributed by atoms with Crippen LogP contribution in [0, 0.1) is 5.41 Å². The second-order valence-electron chi connectivity index (χ2n) is 5.54. The van der Waals surface area contributed by atoms with Crippen molar-refractivity contribution in [3.8, 4) is 0 Å². The molecule has 0 radical (unpaired) electrons. The van der Waals surface area contributed by atoms with Gasteiger partial charge in [-0.1, -0.05) is 20.8 Å². The monoisotopic (exact) mass is 228 g/mol. The number of ether oxygens (including phenoxy) is 1. The van der Waals surface area contributed by atoms with Crippen molar-refractivity contribution in [2.75, 3.05) is 32.8 Å². The van der Waals surface area contributed by atoms with Crippen molar-refractivity contribution >= 4 is 5.91 Å². The number of carbonyl (C=O) groups excluding carboxylic acids is 1. The molecule has 1 aliphatic rings. The van der Waals surface area contributed by atoms with Gasteiger partial charge in [-0.15, -0.1) is 0 Å². The first-order valence-electron chi connectivity index (χ1n) is 6.00. The van der Waals surface area contributed by atoms with Gasteiger partial charge in [0.15, 0.2) is 0 Å². The second-order valence-corrected chi connectivity index (χ2v) is 5.54. The summed E-state index contributed by atoms with van der Waals surface area (Å²) < 4.78 is 5.29. The Kier molecular flexibility index (Phi) is 4.74. The fourth-order valence-electron chi connectivity index (χ4n) is 1.66. The predicted octanol–water partition coefficient (Wildman–Crippen LogP) is 0.869. The van der Waals surface area contributed by atoms with Gasteiger partial charge in [0.25, 0.3) is 0 Å². The summed E-state index contributed by atoms with van der Waals surface area (Å²) in [7, 11) is 0. The minimum Gasteiger partial charge on any atom is -0.379 e. The third-order valence-electron chi connectivity index (χ3n) is 2.69. The Labute approximate surface area is 98.3 Å². The number of hydrogen-bond donors (Lipinski definition) is 1. The molecule has 1 unspecified atom stereocenters. The van der Waals surface area contributed by atoms with Crippen LogP contribution in [0.1, 0.15) is 27.7 Å². The molecule has 1 saturated heterocycles. The van der Waals surface area contributed by atoms with Gasteiger partial charge < -0.3 is 10.1 Å². The first-order valence-corrected chi connectivity index (χ1v) is 6.00. The number of amides is 1. The molecule has 0 bridgehead atoms. The van der Waals surface area contributed by atoms with Gasteiger partial charge >= 0.3 is 0 Å². The van der Waals surface area contributed by atoms with Crippen LogP contribution < -0.4 is 5.32 Å². The van der Waals surface area contributed by atoms with E-state index in [1.54, 1.807) is 0 Å². The highest BCUT2D eigenvalue weighted by Gasteiger charge is 2.23. The molecule has 4 heteroatoms. The van der Waals surface area contributed by atoms with Gasteiger partial charge in [0.1, 0.15) is 0 Å². The summed E-state index contributed by atoms with van der Waals surface area (Å²) >= 11 is 0. The topological polar surface area (TPSA) is 41.6 Å². The van der Waals surface area contributed by atoms with Gasteiger partial charge in [0.05, 0.1) is 13.2 Å². The van der Waals surface area contributed by atoms with E-state index in [1.807, 2.05) is 20.8 Å². The van der Waals surface area contributed by atoms with Crippen molar-refractivity contribution < 1.29 is 9.53 Å². The van der Waals surface area contributed by atoms with E-state index in [1.165, 1.54) is 0 Å². The van der Waals surface area contributed by atoms with Crippen molar-refractivity contribution in [3.05, 3.63) is 0 Å². The molecule has 1 atom stereocenters. The summed E-state index contributed by atoms with van der Waals surface area (Å²) in [6.07, 6.45) is 0. The fraction of sp³-hybridized carbons (Fsp3) is 0.917. The molecule has 0 aliphatic carbocycles. The Hall–Kier alpha value is -0.610. The summed E-state index contributed by atoms with van der Waals surface area (Å²) in [5, 5.41) is 3.05. The van der Waals surface area contributed by atoms with Crippen LogP contribution >= 0.6 is 0 Å². The lowest BCUT2D eigenvalue weighted by atomic mass is 9.95. The van der Waals surface area contributed by atoms with Gasteiger partial charge in [0, 0.05) is 31.1 Å². The van der Waals surface area contributed by atoms with E-state index in [2.05, 4.69) is 17.1 Å². The van der Waals surface area contributed by atoms with E-state index < -0.39 is 0 Å².